The molecule has 3 aromatic rings. The fourth-order valence-electron chi connectivity index (χ4n) is 4.34. The molecule has 2 aromatic heterocycles. The molecule has 10 heteroatoms. The van der Waals surface area contributed by atoms with Crippen LogP contribution in [0.25, 0.3) is 10.9 Å². The Bertz CT molecular complexity index is 1270. The molecule has 0 fully saturated rings. The molecular weight excluding hydrogens is 456 g/mol. The Hall–Kier alpha value is -3.40. The highest BCUT2D eigenvalue weighted by Gasteiger charge is 2.34. The first-order valence-electron chi connectivity index (χ1n) is 11.2. The van der Waals surface area contributed by atoms with Crippen LogP contribution in [0.1, 0.15) is 55.2 Å². The molecule has 1 aliphatic carbocycles. The monoisotopic (exact) mass is 482 g/mol. The average Bonchev–Trinajstić information content (AvgIpc) is 3.29. The second kappa shape index (κ2) is 9.46. The summed E-state index contributed by atoms with van der Waals surface area (Å²) in [6.07, 6.45) is 4.63. The van der Waals surface area contributed by atoms with Crippen molar-refractivity contribution in [1.29, 1.82) is 0 Å². The number of esters is 1. The summed E-state index contributed by atoms with van der Waals surface area (Å²) in [7, 11) is 0. The highest BCUT2D eigenvalue weighted by Crippen LogP contribution is 2.41. The lowest BCUT2D eigenvalue weighted by molar-refractivity contribution is -0.380. The van der Waals surface area contributed by atoms with Crippen molar-refractivity contribution in [2.45, 2.75) is 46.5 Å². The van der Waals surface area contributed by atoms with Gasteiger partial charge in [0.05, 0.1) is 16.0 Å². The third kappa shape index (κ3) is 4.77. The van der Waals surface area contributed by atoms with Crippen LogP contribution in [-0.4, -0.2) is 33.4 Å². The van der Waals surface area contributed by atoms with E-state index in [1.54, 1.807) is 0 Å². The Balaban J connectivity index is 1.57. The number of nitrogens with zero attached hydrogens (tertiary/aromatic N) is 3. The van der Waals surface area contributed by atoms with Crippen molar-refractivity contribution in [2.24, 2.45) is 11.3 Å². The van der Waals surface area contributed by atoms with Gasteiger partial charge in [-0.2, -0.15) is 0 Å². The quantitative estimate of drug-likeness (QED) is 0.287. The Morgan fingerprint density at radius 3 is 2.79 bits per heavy atom. The lowest BCUT2D eigenvalue weighted by atomic mass is 9.68. The lowest BCUT2D eigenvalue weighted by Gasteiger charge is -2.37. The fourth-order valence-corrected chi connectivity index (χ4v) is 4.99. The number of nitrogens with one attached hydrogen (secondary N) is 1. The number of para-hydroxylation sites is 1. The minimum Gasteiger partial charge on any atom is -0.452 e. The number of benzene rings is 1. The first-order chi connectivity index (χ1) is 16.2. The number of pyridine rings is 1. The molecule has 2 heterocycles. The normalized spacial score (nSPS) is 15.6. The summed E-state index contributed by atoms with van der Waals surface area (Å²) in [5, 5.41) is 13.8. The third-order valence-corrected chi connectivity index (χ3v) is 7.60. The van der Waals surface area contributed by atoms with Gasteiger partial charge in [-0.1, -0.05) is 45.4 Å². The Labute approximate surface area is 200 Å². The van der Waals surface area contributed by atoms with E-state index in [-0.39, 0.29) is 15.5 Å². The number of anilines is 1. The number of aromatic nitrogens is 2. The van der Waals surface area contributed by atoms with Crippen LogP contribution in [0.15, 0.2) is 30.5 Å². The molecule has 0 spiro atoms. The summed E-state index contributed by atoms with van der Waals surface area (Å²) >= 11 is 0.734. The molecule has 1 aliphatic rings. The number of fused-ring (bicyclic) bond motifs is 2. The van der Waals surface area contributed by atoms with Gasteiger partial charge in [-0.15, -0.1) is 0 Å². The number of aryl methyl sites for hydroxylation is 1. The molecule has 0 radical (unpaired) electrons. The van der Waals surface area contributed by atoms with E-state index in [9.17, 15) is 19.7 Å². The zero-order valence-electron chi connectivity index (χ0n) is 19.3. The van der Waals surface area contributed by atoms with E-state index in [1.165, 1.54) is 0 Å². The van der Waals surface area contributed by atoms with Gasteiger partial charge in [0.2, 0.25) is 0 Å². The van der Waals surface area contributed by atoms with Crippen molar-refractivity contribution in [3.63, 3.8) is 0 Å². The maximum Gasteiger partial charge on any atom is 0.345 e. The van der Waals surface area contributed by atoms with Crippen molar-refractivity contribution in [2.75, 3.05) is 11.9 Å². The van der Waals surface area contributed by atoms with Gasteiger partial charge in [-0.25, -0.2) is 9.78 Å². The lowest BCUT2D eigenvalue weighted by Crippen LogP contribution is -2.31. The number of carbonyl (C=O) groups is 2. The Morgan fingerprint density at radius 2 is 2.09 bits per heavy atom. The molecule has 178 valence electrons. The van der Waals surface area contributed by atoms with Gasteiger partial charge >= 0.3 is 11.0 Å². The molecule has 0 saturated carbocycles. The maximum absolute atomic E-state index is 13.3. The van der Waals surface area contributed by atoms with E-state index in [0.29, 0.717) is 16.9 Å². The van der Waals surface area contributed by atoms with Crippen molar-refractivity contribution >= 4 is 44.2 Å². The van der Waals surface area contributed by atoms with E-state index < -0.39 is 23.4 Å². The van der Waals surface area contributed by atoms with Crippen LogP contribution >= 0.6 is 11.3 Å². The minimum atomic E-state index is -0.616. The number of ether oxygens (including phenoxy) is 1. The first kappa shape index (κ1) is 23.7. The molecule has 0 bridgehead atoms. The number of hydrogen-bond acceptors (Lipinski definition) is 8. The summed E-state index contributed by atoms with van der Waals surface area (Å²) in [6, 6.07) is 7.45. The average molecular weight is 483 g/mol. The molecule has 1 atom stereocenters. The van der Waals surface area contributed by atoms with E-state index >= 15 is 0 Å². The summed E-state index contributed by atoms with van der Waals surface area (Å²) < 4.78 is 5.40. The smallest absolute Gasteiger partial charge is 0.345 e. The van der Waals surface area contributed by atoms with Crippen LogP contribution in [0.3, 0.4) is 0 Å². The van der Waals surface area contributed by atoms with Gasteiger partial charge in [0, 0.05) is 11.1 Å². The second-order valence-corrected chi connectivity index (χ2v) is 10.1. The van der Waals surface area contributed by atoms with Crippen molar-refractivity contribution in [3.05, 3.63) is 57.4 Å². The van der Waals surface area contributed by atoms with Gasteiger partial charge in [0.25, 0.3) is 5.91 Å². The number of rotatable bonds is 7. The molecule has 4 rings (SSSR count). The predicted octanol–water partition coefficient (Wildman–Crippen LogP) is 4.94. The van der Waals surface area contributed by atoms with Crippen LogP contribution < -0.4 is 5.32 Å². The molecular formula is C24H26N4O5S. The second-order valence-electron chi connectivity index (χ2n) is 9.10. The SMILES string of the molecule is CCC(C)(C)C1CCc2nc3ccccc3c(C(=O)OCC(=O)Nc3ncc([N+](=O)[O-])s3)c2C1. The summed E-state index contributed by atoms with van der Waals surface area (Å²) in [5.74, 6) is -0.789. The molecule has 1 unspecified atom stereocenters. The molecule has 1 aromatic carbocycles. The first-order valence-corrected chi connectivity index (χ1v) is 12.0. The predicted molar refractivity (Wildman–Crippen MR) is 129 cm³/mol. The highest BCUT2D eigenvalue weighted by atomic mass is 32.1. The minimum absolute atomic E-state index is 0.0733. The molecule has 0 aliphatic heterocycles. The topological polar surface area (TPSA) is 124 Å². The van der Waals surface area contributed by atoms with Crippen molar-refractivity contribution in [3.8, 4) is 0 Å². The summed E-state index contributed by atoms with van der Waals surface area (Å²) in [5.41, 5.74) is 3.13. The largest absolute Gasteiger partial charge is 0.452 e. The number of amides is 1. The highest BCUT2D eigenvalue weighted by molar-refractivity contribution is 7.18. The zero-order chi connectivity index (χ0) is 24.5. The van der Waals surface area contributed by atoms with Crippen LogP contribution in [0.2, 0.25) is 0 Å². The van der Waals surface area contributed by atoms with E-state index in [0.717, 1.165) is 60.0 Å². The molecule has 34 heavy (non-hydrogen) atoms. The molecule has 0 saturated heterocycles. The Morgan fingerprint density at radius 1 is 1.32 bits per heavy atom. The number of thiazole rings is 1. The van der Waals surface area contributed by atoms with E-state index in [2.05, 4.69) is 31.1 Å². The van der Waals surface area contributed by atoms with Crippen LogP contribution in [0, 0.1) is 21.4 Å². The maximum atomic E-state index is 13.3. The van der Waals surface area contributed by atoms with E-state index in [1.807, 2.05) is 24.3 Å². The van der Waals surface area contributed by atoms with Crippen LogP contribution in [0.5, 0.6) is 0 Å². The summed E-state index contributed by atoms with van der Waals surface area (Å²) in [6.45, 7) is 6.16. The Kier molecular flexibility index (Phi) is 6.60. The fraction of sp³-hybridized carbons (Fsp3) is 0.417. The van der Waals surface area contributed by atoms with Crippen molar-refractivity contribution in [1.82, 2.24) is 9.97 Å². The molecule has 1 amide bonds. The van der Waals surface area contributed by atoms with Crippen LogP contribution in [0.4, 0.5) is 10.1 Å². The molecule has 1 N–H and O–H groups in total. The zero-order valence-corrected chi connectivity index (χ0v) is 20.1. The standard InChI is InChI=1S/C24H26N4O5S/c1-4-24(2,3)14-9-10-18-16(11-14)21(15-7-5-6-8-17(15)26-18)22(30)33-13-19(29)27-23-25-12-20(34-23)28(31)32/h5-8,12,14H,4,9-11,13H2,1-3H3,(H,25,27,29). The van der Waals surface area contributed by atoms with Gasteiger partial charge in [0.1, 0.15) is 6.20 Å². The summed E-state index contributed by atoms with van der Waals surface area (Å²) in [4.78, 5) is 44.4. The van der Waals surface area contributed by atoms with Gasteiger partial charge in [-0.05, 0) is 53.6 Å². The van der Waals surface area contributed by atoms with Gasteiger partial charge < -0.3 is 4.74 Å². The third-order valence-electron chi connectivity index (χ3n) is 6.73. The van der Waals surface area contributed by atoms with Gasteiger partial charge in [0.15, 0.2) is 11.7 Å². The number of hydrogen-bond donors (Lipinski definition) is 1. The molecule has 9 nitrogen and oxygen atoms in total. The van der Waals surface area contributed by atoms with Gasteiger partial charge in [-0.3, -0.25) is 25.2 Å². The number of carbonyl (C=O) groups excluding carboxylic acids is 2. The van der Waals surface area contributed by atoms with Crippen LogP contribution in [-0.2, 0) is 22.4 Å². The number of nitro groups is 1. The van der Waals surface area contributed by atoms with Crippen molar-refractivity contribution < 1.29 is 19.2 Å². The van der Waals surface area contributed by atoms with E-state index in [4.69, 9.17) is 9.72 Å².